The molecule has 0 saturated carbocycles. The van der Waals surface area contributed by atoms with Crippen molar-refractivity contribution in [3.63, 3.8) is 0 Å². The van der Waals surface area contributed by atoms with Gasteiger partial charge in [-0.1, -0.05) is 32.6 Å². The van der Waals surface area contributed by atoms with Crippen LogP contribution >= 0.6 is 0 Å². The normalized spacial score (nSPS) is 14.9. The topological polar surface area (TPSA) is 0 Å². The molecule has 1 aliphatic carbocycles. The molecule has 1 aromatic rings. The fourth-order valence-corrected chi connectivity index (χ4v) is 3.24. The van der Waals surface area contributed by atoms with Crippen molar-refractivity contribution in [1.29, 1.82) is 0 Å². The molecule has 0 heterocycles. The number of hydrogen-bond acceptors (Lipinski definition) is 0. The Bertz CT molecular complexity index is 624. The van der Waals surface area contributed by atoms with E-state index in [2.05, 4.69) is 53.9 Å². The van der Waals surface area contributed by atoms with Crippen LogP contribution in [0.3, 0.4) is 0 Å². The van der Waals surface area contributed by atoms with E-state index in [-0.39, 0.29) is 0 Å². The highest BCUT2D eigenvalue weighted by Crippen LogP contribution is 2.42. The largest absolute Gasteiger partial charge is 0.0949 e. The van der Waals surface area contributed by atoms with E-state index in [4.69, 9.17) is 0 Å². The minimum Gasteiger partial charge on any atom is -0.0949 e. The summed E-state index contributed by atoms with van der Waals surface area (Å²) in [5.74, 6) is 0. The van der Waals surface area contributed by atoms with E-state index in [0.29, 0.717) is 0 Å². The molecule has 1 aromatic carbocycles. The molecule has 0 aliphatic heterocycles. The van der Waals surface area contributed by atoms with Crippen LogP contribution in [0.5, 0.6) is 0 Å². The maximum Gasteiger partial charge on any atom is -0.00773 e. The van der Waals surface area contributed by atoms with Crippen molar-refractivity contribution < 1.29 is 0 Å². The highest BCUT2D eigenvalue weighted by atomic mass is 14.3. The molecule has 0 fully saturated rings. The molecule has 106 valence electrons. The van der Waals surface area contributed by atoms with Crippen LogP contribution < -0.4 is 0 Å². The van der Waals surface area contributed by atoms with Gasteiger partial charge < -0.3 is 0 Å². The lowest BCUT2D eigenvalue weighted by molar-refractivity contribution is 0.967. The second-order valence-corrected chi connectivity index (χ2v) is 6.02. The van der Waals surface area contributed by atoms with E-state index in [1.54, 1.807) is 0 Å². The van der Waals surface area contributed by atoms with Crippen LogP contribution in [0.4, 0.5) is 0 Å². The SMILES string of the molecule is C=C1CC=C(CCC)c2c(C)c(C)c(C)c(C)c2C1=C. The van der Waals surface area contributed by atoms with Gasteiger partial charge in [-0.15, -0.1) is 0 Å². The smallest absolute Gasteiger partial charge is 0.00773 e. The summed E-state index contributed by atoms with van der Waals surface area (Å²) in [6, 6.07) is 0. The van der Waals surface area contributed by atoms with Gasteiger partial charge in [0.25, 0.3) is 0 Å². The maximum absolute atomic E-state index is 4.33. The molecule has 0 spiro atoms. The Labute approximate surface area is 123 Å². The predicted octanol–water partition coefficient (Wildman–Crippen LogP) is 6.08. The highest BCUT2D eigenvalue weighted by Gasteiger charge is 2.22. The molecule has 0 radical (unpaired) electrons. The third kappa shape index (κ3) is 2.18. The molecule has 0 bridgehead atoms. The first-order valence-corrected chi connectivity index (χ1v) is 7.57. The van der Waals surface area contributed by atoms with Gasteiger partial charge in [-0.05, 0) is 90.6 Å². The van der Waals surface area contributed by atoms with Crippen LogP contribution in [-0.2, 0) is 0 Å². The summed E-state index contributed by atoms with van der Waals surface area (Å²) < 4.78 is 0. The van der Waals surface area contributed by atoms with Crippen molar-refractivity contribution in [3.8, 4) is 0 Å². The Morgan fingerprint density at radius 2 is 1.45 bits per heavy atom. The summed E-state index contributed by atoms with van der Waals surface area (Å²) in [6.45, 7) is 19.8. The van der Waals surface area contributed by atoms with E-state index in [9.17, 15) is 0 Å². The van der Waals surface area contributed by atoms with Gasteiger partial charge in [0.2, 0.25) is 0 Å². The summed E-state index contributed by atoms with van der Waals surface area (Å²) >= 11 is 0. The fraction of sp³-hybridized carbons (Fsp3) is 0.400. The van der Waals surface area contributed by atoms with Crippen LogP contribution in [0, 0.1) is 27.7 Å². The molecular weight excluding hydrogens is 240 g/mol. The zero-order valence-corrected chi connectivity index (χ0v) is 13.6. The van der Waals surface area contributed by atoms with Crippen LogP contribution in [0.25, 0.3) is 11.1 Å². The Balaban J connectivity index is 2.86. The van der Waals surface area contributed by atoms with Crippen LogP contribution in [0.1, 0.15) is 59.6 Å². The zero-order chi connectivity index (χ0) is 15.0. The first kappa shape index (κ1) is 14.8. The molecule has 20 heavy (non-hydrogen) atoms. The molecule has 0 aromatic heterocycles. The fourth-order valence-electron chi connectivity index (χ4n) is 3.24. The zero-order valence-electron chi connectivity index (χ0n) is 13.6. The van der Waals surface area contributed by atoms with Gasteiger partial charge in [0.1, 0.15) is 0 Å². The predicted molar refractivity (Wildman–Crippen MR) is 91.1 cm³/mol. The van der Waals surface area contributed by atoms with Crippen molar-refractivity contribution in [2.75, 3.05) is 0 Å². The van der Waals surface area contributed by atoms with Gasteiger partial charge in [0.15, 0.2) is 0 Å². The minimum atomic E-state index is 0.930. The van der Waals surface area contributed by atoms with Crippen LogP contribution in [0.15, 0.2) is 24.8 Å². The van der Waals surface area contributed by atoms with Gasteiger partial charge in [0.05, 0.1) is 0 Å². The van der Waals surface area contributed by atoms with Crippen molar-refractivity contribution >= 4 is 11.1 Å². The number of rotatable bonds is 2. The quantitative estimate of drug-likeness (QED) is 0.608. The highest BCUT2D eigenvalue weighted by molar-refractivity contribution is 5.91. The van der Waals surface area contributed by atoms with Crippen molar-refractivity contribution in [2.45, 2.75) is 53.9 Å². The van der Waals surface area contributed by atoms with Crippen LogP contribution in [0.2, 0.25) is 0 Å². The summed E-state index contributed by atoms with van der Waals surface area (Å²) in [4.78, 5) is 0. The lowest BCUT2D eigenvalue weighted by Gasteiger charge is -2.22. The van der Waals surface area contributed by atoms with E-state index < -0.39 is 0 Å². The molecule has 0 atom stereocenters. The molecule has 2 rings (SSSR count). The average Bonchev–Trinajstić information content (AvgIpc) is 2.54. The van der Waals surface area contributed by atoms with E-state index in [1.807, 2.05) is 0 Å². The average molecular weight is 266 g/mol. The van der Waals surface area contributed by atoms with Gasteiger partial charge in [-0.25, -0.2) is 0 Å². The second-order valence-electron chi connectivity index (χ2n) is 6.02. The van der Waals surface area contributed by atoms with Gasteiger partial charge >= 0.3 is 0 Å². The Kier molecular flexibility index (Phi) is 4.04. The summed E-state index contributed by atoms with van der Waals surface area (Å²) in [7, 11) is 0. The number of hydrogen-bond donors (Lipinski definition) is 0. The molecule has 1 aliphatic rings. The summed E-state index contributed by atoms with van der Waals surface area (Å²) in [5, 5.41) is 0. The van der Waals surface area contributed by atoms with Gasteiger partial charge in [-0.3, -0.25) is 0 Å². The van der Waals surface area contributed by atoms with Crippen molar-refractivity contribution in [3.05, 3.63) is 58.2 Å². The summed E-state index contributed by atoms with van der Waals surface area (Å²) in [6.07, 6.45) is 5.61. The third-order valence-electron chi connectivity index (χ3n) is 4.85. The molecule has 0 amide bonds. The molecule has 0 N–H and O–H groups in total. The maximum atomic E-state index is 4.33. The van der Waals surface area contributed by atoms with E-state index in [0.717, 1.165) is 24.0 Å². The molecule has 0 unspecified atom stereocenters. The molecular formula is C20H26. The number of fused-ring (bicyclic) bond motifs is 1. The van der Waals surface area contributed by atoms with Gasteiger partial charge in [-0.2, -0.15) is 0 Å². The lowest BCUT2D eigenvalue weighted by atomic mass is 9.82. The number of allylic oxidation sites excluding steroid dienone is 4. The van der Waals surface area contributed by atoms with Crippen molar-refractivity contribution in [1.82, 2.24) is 0 Å². The Hall–Kier alpha value is -1.56. The molecule has 0 heteroatoms. The number of benzene rings is 1. The third-order valence-corrected chi connectivity index (χ3v) is 4.85. The van der Waals surface area contributed by atoms with E-state index >= 15 is 0 Å². The summed E-state index contributed by atoms with van der Waals surface area (Å²) in [5.41, 5.74) is 12.1. The lowest BCUT2D eigenvalue weighted by Crippen LogP contribution is -2.04. The van der Waals surface area contributed by atoms with E-state index in [1.165, 1.54) is 45.4 Å². The van der Waals surface area contributed by atoms with Crippen LogP contribution in [-0.4, -0.2) is 0 Å². The minimum absolute atomic E-state index is 0.930. The Morgan fingerprint density at radius 1 is 0.900 bits per heavy atom. The van der Waals surface area contributed by atoms with Crippen molar-refractivity contribution in [2.24, 2.45) is 0 Å². The monoisotopic (exact) mass is 266 g/mol. The Morgan fingerprint density at radius 3 is 2.00 bits per heavy atom. The standard InChI is InChI=1S/C20H26/c1-8-9-18-11-10-12(2)13(3)19-16(6)14(4)15(5)17(7)20(18)19/h11H,2-3,8-10H2,1,4-7H3. The first-order valence-electron chi connectivity index (χ1n) is 7.57. The molecule has 0 nitrogen and oxygen atoms in total. The first-order chi connectivity index (χ1) is 9.40. The second kappa shape index (κ2) is 5.44. The van der Waals surface area contributed by atoms with Gasteiger partial charge in [0, 0.05) is 0 Å². The molecule has 0 saturated heterocycles.